The summed E-state index contributed by atoms with van der Waals surface area (Å²) in [4.78, 5) is 20.4. The van der Waals surface area contributed by atoms with Gasteiger partial charge in [0.05, 0.1) is 0 Å². The Labute approximate surface area is 74.0 Å². The van der Waals surface area contributed by atoms with Crippen LogP contribution in [-0.4, -0.2) is 27.1 Å². The number of carboxylic acids is 1. The summed E-state index contributed by atoms with van der Waals surface area (Å²) in [5.74, 6) is 2.98. The molecule has 0 aromatic carbocycles. The lowest BCUT2D eigenvalue weighted by Crippen LogP contribution is -1.95. The fourth-order valence-corrected chi connectivity index (χ4v) is 0.771. The Morgan fingerprint density at radius 3 is 2.92 bits per heavy atom. The van der Waals surface area contributed by atoms with E-state index in [1.165, 1.54) is 10.7 Å². The van der Waals surface area contributed by atoms with Gasteiger partial charge in [0.1, 0.15) is 11.4 Å². The summed E-state index contributed by atoms with van der Waals surface area (Å²) in [6.07, 6.45) is 0.624. The number of aryl methyl sites for hydroxylation is 1. The summed E-state index contributed by atoms with van der Waals surface area (Å²) >= 11 is 0. The van der Waals surface area contributed by atoms with E-state index in [1.54, 1.807) is 7.05 Å². The molecule has 1 N–H and O–H groups in total. The van der Waals surface area contributed by atoms with Crippen molar-refractivity contribution < 1.29 is 14.7 Å². The molecular formula is C8H6N2O3. The Bertz CT molecular complexity index is 409. The minimum Gasteiger partial charge on any atom is -0.472 e. The standard InChI is InChI=1S/C8H6N2O3/c1-10-7(5-11)4-6(9-10)2-3-8(12)13/h4-5H,1H3,(H,12,13). The maximum atomic E-state index is 10.4. The minimum absolute atomic E-state index is 0.270. The molecule has 0 aliphatic carbocycles. The van der Waals surface area contributed by atoms with E-state index in [9.17, 15) is 9.59 Å². The zero-order valence-corrected chi connectivity index (χ0v) is 6.81. The molecule has 0 fully saturated rings. The van der Waals surface area contributed by atoms with E-state index in [2.05, 4.69) is 11.0 Å². The second kappa shape index (κ2) is 3.54. The van der Waals surface area contributed by atoms with Crippen molar-refractivity contribution in [2.24, 2.45) is 7.05 Å². The average Bonchev–Trinajstić information content (AvgIpc) is 2.43. The predicted octanol–water partition coefficient (Wildman–Crippen LogP) is -0.331. The van der Waals surface area contributed by atoms with Gasteiger partial charge >= 0.3 is 5.97 Å². The van der Waals surface area contributed by atoms with Crippen LogP contribution in [0.25, 0.3) is 0 Å². The van der Waals surface area contributed by atoms with E-state index in [0.717, 1.165) is 0 Å². The van der Waals surface area contributed by atoms with Gasteiger partial charge in [0, 0.05) is 19.0 Å². The van der Waals surface area contributed by atoms with Crippen LogP contribution < -0.4 is 0 Å². The second-order valence-electron chi connectivity index (χ2n) is 2.25. The summed E-state index contributed by atoms with van der Waals surface area (Å²) in [7, 11) is 1.58. The lowest BCUT2D eigenvalue weighted by Gasteiger charge is -1.86. The maximum Gasteiger partial charge on any atom is 0.382 e. The lowest BCUT2D eigenvalue weighted by molar-refractivity contribution is -0.130. The fraction of sp³-hybridized carbons (Fsp3) is 0.125. The highest BCUT2D eigenvalue weighted by Gasteiger charge is 2.00. The Hall–Kier alpha value is -2.09. The van der Waals surface area contributed by atoms with Gasteiger partial charge in [-0.3, -0.25) is 9.48 Å². The van der Waals surface area contributed by atoms with Gasteiger partial charge in [-0.1, -0.05) is 0 Å². The van der Waals surface area contributed by atoms with E-state index in [4.69, 9.17) is 5.11 Å². The Kier molecular flexibility index (Phi) is 2.45. The Balaban J connectivity index is 3.00. The largest absolute Gasteiger partial charge is 0.472 e. The molecule has 0 spiro atoms. The summed E-state index contributed by atoms with van der Waals surface area (Å²) in [5, 5.41) is 12.0. The van der Waals surface area contributed by atoms with Crippen LogP contribution in [0.15, 0.2) is 6.07 Å². The molecule has 0 bridgehead atoms. The normalized spacial score (nSPS) is 8.69. The average molecular weight is 178 g/mol. The first-order valence-corrected chi connectivity index (χ1v) is 3.37. The van der Waals surface area contributed by atoms with Crippen molar-refractivity contribution in [2.45, 2.75) is 0 Å². The smallest absolute Gasteiger partial charge is 0.382 e. The lowest BCUT2D eigenvalue weighted by atomic mass is 10.3. The fourth-order valence-electron chi connectivity index (χ4n) is 0.771. The van der Waals surface area contributed by atoms with Crippen molar-refractivity contribution >= 4 is 12.3 Å². The minimum atomic E-state index is -1.22. The van der Waals surface area contributed by atoms with Gasteiger partial charge in [-0.15, -0.1) is 0 Å². The van der Waals surface area contributed by atoms with Crippen molar-refractivity contribution in [3.63, 3.8) is 0 Å². The van der Waals surface area contributed by atoms with Gasteiger partial charge in [0.15, 0.2) is 6.29 Å². The molecule has 5 heteroatoms. The molecule has 0 saturated carbocycles. The molecule has 1 aromatic rings. The zero-order chi connectivity index (χ0) is 9.84. The number of carbonyl (C=O) groups is 2. The third kappa shape index (κ3) is 2.17. The summed E-state index contributed by atoms with van der Waals surface area (Å²) in [5.41, 5.74) is 0.627. The van der Waals surface area contributed by atoms with E-state index in [1.807, 2.05) is 5.92 Å². The molecule has 1 rings (SSSR count). The van der Waals surface area contributed by atoms with Crippen LogP contribution in [0.3, 0.4) is 0 Å². The first-order valence-electron chi connectivity index (χ1n) is 3.37. The van der Waals surface area contributed by atoms with Crippen LogP contribution in [0.1, 0.15) is 16.2 Å². The number of hydrogen-bond donors (Lipinski definition) is 1. The van der Waals surface area contributed by atoms with E-state index >= 15 is 0 Å². The van der Waals surface area contributed by atoms with Gasteiger partial charge in [0.2, 0.25) is 0 Å². The summed E-state index contributed by atoms with van der Waals surface area (Å²) in [6, 6.07) is 1.42. The second-order valence-corrected chi connectivity index (χ2v) is 2.25. The number of aromatic nitrogens is 2. The molecule has 0 radical (unpaired) electrons. The van der Waals surface area contributed by atoms with Crippen molar-refractivity contribution in [3.05, 3.63) is 17.5 Å². The molecule has 0 aliphatic rings. The number of hydrogen-bond acceptors (Lipinski definition) is 3. The van der Waals surface area contributed by atoms with Gasteiger partial charge in [0.25, 0.3) is 0 Å². The molecule has 0 amide bonds. The van der Waals surface area contributed by atoms with E-state index in [-0.39, 0.29) is 5.69 Å². The van der Waals surface area contributed by atoms with Crippen molar-refractivity contribution in [1.29, 1.82) is 0 Å². The highest BCUT2D eigenvalue weighted by Crippen LogP contribution is 1.97. The number of nitrogens with zero attached hydrogens (tertiary/aromatic N) is 2. The van der Waals surface area contributed by atoms with Crippen LogP contribution >= 0.6 is 0 Å². The predicted molar refractivity (Wildman–Crippen MR) is 43.1 cm³/mol. The summed E-state index contributed by atoms with van der Waals surface area (Å²) < 4.78 is 1.33. The van der Waals surface area contributed by atoms with Gasteiger partial charge < -0.3 is 5.11 Å². The molecule has 1 aromatic heterocycles. The number of rotatable bonds is 1. The monoisotopic (exact) mass is 178 g/mol. The van der Waals surface area contributed by atoms with E-state index in [0.29, 0.717) is 12.0 Å². The molecule has 0 aliphatic heterocycles. The maximum absolute atomic E-state index is 10.4. The SMILES string of the molecule is Cn1nc(C#CC(=O)O)cc1C=O. The van der Waals surface area contributed by atoms with Crippen molar-refractivity contribution in [1.82, 2.24) is 9.78 Å². The van der Waals surface area contributed by atoms with Crippen LogP contribution in [0, 0.1) is 11.8 Å². The third-order valence-corrected chi connectivity index (χ3v) is 1.33. The molecule has 0 unspecified atom stereocenters. The molecule has 13 heavy (non-hydrogen) atoms. The highest BCUT2D eigenvalue weighted by molar-refractivity contribution is 5.87. The zero-order valence-electron chi connectivity index (χ0n) is 6.81. The Morgan fingerprint density at radius 1 is 1.77 bits per heavy atom. The molecule has 1 heterocycles. The van der Waals surface area contributed by atoms with Crippen LogP contribution in [0.2, 0.25) is 0 Å². The number of aliphatic carboxylic acids is 1. The molecule has 5 nitrogen and oxygen atoms in total. The molecule has 66 valence electrons. The molecule has 0 atom stereocenters. The molecular weight excluding hydrogens is 172 g/mol. The van der Waals surface area contributed by atoms with E-state index < -0.39 is 5.97 Å². The highest BCUT2D eigenvalue weighted by atomic mass is 16.4. The first kappa shape index (κ1) is 9.00. The topological polar surface area (TPSA) is 72.2 Å². The van der Waals surface area contributed by atoms with Gasteiger partial charge in [-0.25, -0.2) is 4.79 Å². The molecule has 0 saturated heterocycles. The van der Waals surface area contributed by atoms with Crippen LogP contribution in [-0.2, 0) is 11.8 Å². The van der Waals surface area contributed by atoms with Gasteiger partial charge in [-0.05, 0) is 5.92 Å². The van der Waals surface area contributed by atoms with Crippen LogP contribution in [0.4, 0.5) is 0 Å². The van der Waals surface area contributed by atoms with Gasteiger partial charge in [-0.2, -0.15) is 5.10 Å². The van der Waals surface area contributed by atoms with Crippen molar-refractivity contribution in [2.75, 3.05) is 0 Å². The number of carbonyl (C=O) groups excluding carboxylic acids is 1. The Morgan fingerprint density at radius 2 is 2.46 bits per heavy atom. The number of carboxylic acid groups (broad SMARTS) is 1. The van der Waals surface area contributed by atoms with Crippen molar-refractivity contribution in [3.8, 4) is 11.8 Å². The summed E-state index contributed by atoms with van der Waals surface area (Å²) in [6.45, 7) is 0. The third-order valence-electron chi connectivity index (χ3n) is 1.33. The van der Waals surface area contributed by atoms with Crippen LogP contribution in [0.5, 0.6) is 0 Å². The quantitative estimate of drug-likeness (QED) is 0.472. The first-order chi connectivity index (χ1) is 6.13. The number of aldehydes is 1.